The first-order valence-corrected chi connectivity index (χ1v) is 5.69. The van der Waals surface area contributed by atoms with Crippen LogP contribution in [0, 0.1) is 6.92 Å². The average molecular weight is 215 g/mol. The van der Waals surface area contributed by atoms with Crippen LogP contribution in [-0.4, -0.2) is 0 Å². The highest BCUT2D eigenvalue weighted by Gasteiger charge is 2.04. The van der Waals surface area contributed by atoms with E-state index in [1.54, 1.807) is 22.7 Å². The summed E-state index contributed by atoms with van der Waals surface area (Å²) in [5.74, 6) is 0. The molecule has 0 nitrogen and oxygen atoms in total. The van der Waals surface area contributed by atoms with E-state index >= 15 is 0 Å². The van der Waals surface area contributed by atoms with Crippen LogP contribution in [0.3, 0.4) is 0 Å². The molecule has 0 bridgehead atoms. The number of halogens is 1. The van der Waals surface area contributed by atoms with Crippen molar-refractivity contribution in [1.82, 2.24) is 0 Å². The molecule has 0 fully saturated rings. The fourth-order valence-electron chi connectivity index (χ4n) is 1.07. The van der Waals surface area contributed by atoms with Gasteiger partial charge in [0.2, 0.25) is 0 Å². The second-order valence-electron chi connectivity index (χ2n) is 2.57. The van der Waals surface area contributed by atoms with Crippen LogP contribution in [0.15, 0.2) is 22.9 Å². The number of hydrogen-bond acceptors (Lipinski definition) is 2. The molecule has 2 aromatic rings. The minimum absolute atomic E-state index is 0.857. The summed E-state index contributed by atoms with van der Waals surface area (Å²) in [5.41, 5.74) is 2.65. The molecule has 3 heteroatoms. The smallest absolute Gasteiger partial charge is 0.0934 e. The Morgan fingerprint density at radius 1 is 1.25 bits per heavy atom. The van der Waals surface area contributed by atoms with Crippen molar-refractivity contribution < 1.29 is 0 Å². The van der Waals surface area contributed by atoms with Gasteiger partial charge in [-0.1, -0.05) is 11.6 Å². The Labute approximate surface area is 84.4 Å². The molecule has 0 radical (unpaired) electrons. The van der Waals surface area contributed by atoms with Crippen LogP contribution in [0.4, 0.5) is 0 Å². The summed E-state index contributed by atoms with van der Waals surface area (Å²) < 4.78 is 0.857. The second kappa shape index (κ2) is 3.21. The van der Waals surface area contributed by atoms with E-state index in [1.165, 1.54) is 16.0 Å². The van der Waals surface area contributed by atoms with Crippen molar-refractivity contribution in [2.45, 2.75) is 6.92 Å². The zero-order valence-corrected chi connectivity index (χ0v) is 8.89. The lowest BCUT2D eigenvalue weighted by atomic mass is 10.2. The van der Waals surface area contributed by atoms with Crippen LogP contribution in [0.5, 0.6) is 0 Å². The maximum atomic E-state index is 5.85. The summed E-state index contributed by atoms with van der Waals surface area (Å²) in [6.45, 7) is 2.12. The molecule has 0 aromatic carbocycles. The molecule has 0 aliphatic carbocycles. The van der Waals surface area contributed by atoms with Gasteiger partial charge in [-0.05, 0) is 35.4 Å². The molecule has 0 saturated heterocycles. The molecule has 0 saturated carbocycles. The van der Waals surface area contributed by atoms with Gasteiger partial charge in [0.25, 0.3) is 0 Å². The van der Waals surface area contributed by atoms with Crippen LogP contribution < -0.4 is 0 Å². The lowest BCUT2D eigenvalue weighted by Crippen LogP contribution is -1.68. The van der Waals surface area contributed by atoms with E-state index in [9.17, 15) is 0 Å². The summed E-state index contributed by atoms with van der Waals surface area (Å²) >= 11 is 9.22. The highest BCUT2D eigenvalue weighted by Crippen LogP contribution is 2.34. The average Bonchev–Trinajstić information content (AvgIpc) is 2.58. The molecule has 2 heterocycles. The summed E-state index contributed by atoms with van der Waals surface area (Å²) in [5, 5.41) is 4.32. The van der Waals surface area contributed by atoms with E-state index in [2.05, 4.69) is 23.8 Å². The maximum Gasteiger partial charge on any atom is 0.0934 e. The van der Waals surface area contributed by atoms with Gasteiger partial charge < -0.3 is 0 Å². The molecule has 0 N–H and O–H groups in total. The normalized spacial score (nSPS) is 10.5. The highest BCUT2D eigenvalue weighted by molar-refractivity contribution is 7.19. The fraction of sp³-hybridized carbons (Fsp3) is 0.111. The third-order valence-electron chi connectivity index (χ3n) is 1.69. The van der Waals surface area contributed by atoms with Crippen LogP contribution in [0.2, 0.25) is 4.34 Å². The van der Waals surface area contributed by atoms with Crippen LogP contribution in [0.1, 0.15) is 5.56 Å². The standard InChI is InChI=1S/C9H7ClS2/c1-6-4-11-5-7(6)8-2-3-9(10)12-8/h2-5H,1H3. The van der Waals surface area contributed by atoms with Crippen molar-refractivity contribution in [3.05, 3.63) is 32.8 Å². The first-order chi connectivity index (χ1) is 5.77. The molecule has 0 atom stereocenters. The van der Waals surface area contributed by atoms with E-state index in [4.69, 9.17) is 11.6 Å². The maximum absolute atomic E-state index is 5.85. The first-order valence-electron chi connectivity index (χ1n) is 3.56. The van der Waals surface area contributed by atoms with Gasteiger partial charge in [-0.25, -0.2) is 0 Å². The zero-order chi connectivity index (χ0) is 8.55. The first kappa shape index (κ1) is 8.30. The van der Waals surface area contributed by atoms with E-state index in [1.807, 2.05) is 6.07 Å². The minimum atomic E-state index is 0.857. The van der Waals surface area contributed by atoms with Gasteiger partial charge in [-0.15, -0.1) is 11.3 Å². The summed E-state index contributed by atoms with van der Waals surface area (Å²) in [4.78, 5) is 1.26. The van der Waals surface area contributed by atoms with Gasteiger partial charge in [0.1, 0.15) is 0 Å². The summed E-state index contributed by atoms with van der Waals surface area (Å²) in [6, 6.07) is 4.01. The molecule has 0 amide bonds. The molecule has 0 aliphatic heterocycles. The predicted octanol–water partition coefficient (Wildman–Crippen LogP) is 4.44. The number of hydrogen-bond donors (Lipinski definition) is 0. The number of aryl methyl sites for hydroxylation is 1. The van der Waals surface area contributed by atoms with Crippen molar-refractivity contribution in [3.8, 4) is 10.4 Å². The summed E-state index contributed by atoms with van der Waals surface area (Å²) in [7, 11) is 0. The highest BCUT2D eigenvalue weighted by atomic mass is 35.5. The van der Waals surface area contributed by atoms with Crippen molar-refractivity contribution in [3.63, 3.8) is 0 Å². The quantitative estimate of drug-likeness (QED) is 0.659. The van der Waals surface area contributed by atoms with Gasteiger partial charge in [0, 0.05) is 10.4 Å². The second-order valence-corrected chi connectivity index (χ2v) is 5.03. The third-order valence-corrected chi connectivity index (χ3v) is 3.82. The molecule has 2 aromatic heterocycles. The van der Waals surface area contributed by atoms with Crippen molar-refractivity contribution in [2.24, 2.45) is 0 Å². The lowest BCUT2D eigenvalue weighted by molar-refractivity contribution is 1.56. The lowest BCUT2D eigenvalue weighted by Gasteiger charge is -1.92. The van der Waals surface area contributed by atoms with Gasteiger partial charge in [-0.2, -0.15) is 11.3 Å². The van der Waals surface area contributed by atoms with Crippen LogP contribution in [-0.2, 0) is 0 Å². The Morgan fingerprint density at radius 3 is 2.58 bits per heavy atom. The van der Waals surface area contributed by atoms with Gasteiger partial charge in [0.15, 0.2) is 0 Å². The Kier molecular flexibility index (Phi) is 2.22. The van der Waals surface area contributed by atoms with E-state index in [0.717, 1.165) is 4.34 Å². The minimum Gasteiger partial charge on any atom is -0.151 e. The van der Waals surface area contributed by atoms with Crippen molar-refractivity contribution in [2.75, 3.05) is 0 Å². The number of thiophene rings is 2. The Balaban J connectivity index is 2.50. The molecule has 12 heavy (non-hydrogen) atoms. The molecule has 62 valence electrons. The van der Waals surface area contributed by atoms with Crippen LogP contribution >= 0.6 is 34.3 Å². The van der Waals surface area contributed by atoms with Gasteiger partial charge in [0.05, 0.1) is 4.34 Å². The molecule has 2 rings (SSSR count). The topological polar surface area (TPSA) is 0 Å². The van der Waals surface area contributed by atoms with Crippen molar-refractivity contribution >= 4 is 34.3 Å². The molecule has 0 unspecified atom stereocenters. The van der Waals surface area contributed by atoms with E-state index in [0.29, 0.717) is 0 Å². The predicted molar refractivity (Wildman–Crippen MR) is 57.4 cm³/mol. The summed E-state index contributed by atoms with van der Waals surface area (Å²) in [6.07, 6.45) is 0. The Morgan fingerprint density at radius 2 is 2.08 bits per heavy atom. The fourth-order valence-corrected chi connectivity index (χ4v) is 3.12. The monoisotopic (exact) mass is 214 g/mol. The molecular formula is C9H7ClS2. The Bertz CT molecular complexity index is 387. The molecule has 0 spiro atoms. The molecule has 0 aliphatic rings. The zero-order valence-electron chi connectivity index (χ0n) is 6.50. The SMILES string of the molecule is Cc1cscc1-c1ccc(Cl)s1. The largest absolute Gasteiger partial charge is 0.151 e. The Hall–Kier alpha value is -0.310. The van der Waals surface area contributed by atoms with Gasteiger partial charge >= 0.3 is 0 Å². The van der Waals surface area contributed by atoms with Crippen LogP contribution in [0.25, 0.3) is 10.4 Å². The molecular weight excluding hydrogens is 208 g/mol. The third kappa shape index (κ3) is 1.42. The van der Waals surface area contributed by atoms with E-state index in [-0.39, 0.29) is 0 Å². The number of rotatable bonds is 1. The van der Waals surface area contributed by atoms with E-state index < -0.39 is 0 Å². The van der Waals surface area contributed by atoms with Gasteiger partial charge in [-0.3, -0.25) is 0 Å². The van der Waals surface area contributed by atoms with Crippen molar-refractivity contribution in [1.29, 1.82) is 0 Å².